The van der Waals surface area contributed by atoms with E-state index in [2.05, 4.69) is 16.8 Å². The molecule has 2 aromatic heterocycles. The molecule has 2 aromatic rings. The number of carbonyl (C=O) groups excluding carboxylic acids is 2. The molecule has 1 N–H and O–H groups in total. The van der Waals surface area contributed by atoms with Crippen LogP contribution in [0.25, 0.3) is 0 Å². The van der Waals surface area contributed by atoms with Crippen LogP contribution < -0.4 is 5.32 Å². The van der Waals surface area contributed by atoms with Crippen LogP contribution in [0.1, 0.15) is 55.2 Å². The molecular weight excluding hydrogens is 430 g/mol. The maximum Gasteiger partial charge on any atom is 0.336 e. The van der Waals surface area contributed by atoms with Gasteiger partial charge in [0, 0.05) is 39.1 Å². The smallest absolute Gasteiger partial charge is 0.336 e. The summed E-state index contributed by atoms with van der Waals surface area (Å²) < 4.78 is 11.0. The third kappa shape index (κ3) is 4.68. The molecule has 4 rings (SSSR count). The molecule has 0 radical (unpaired) electrons. The third-order valence-corrected chi connectivity index (χ3v) is 7.56. The first-order valence-electron chi connectivity index (χ1n) is 10.5. The number of thiophene rings is 2. The predicted molar refractivity (Wildman–Crippen MR) is 123 cm³/mol. The van der Waals surface area contributed by atoms with Crippen LogP contribution in [0, 0.1) is 0 Å². The average Bonchev–Trinajstić information content (AvgIpc) is 3.44. The van der Waals surface area contributed by atoms with Crippen LogP contribution in [0.2, 0.25) is 0 Å². The van der Waals surface area contributed by atoms with Crippen molar-refractivity contribution in [3.05, 3.63) is 67.3 Å². The largest absolute Gasteiger partial charge is 0.460 e. The summed E-state index contributed by atoms with van der Waals surface area (Å²) in [5, 5.41) is 7.42. The molecule has 1 aliphatic heterocycles. The Morgan fingerprint density at radius 1 is 1.13 bits per heavy atom. The summed E-state index contributed by atoms with van der Waals surface area (Å²) in [6.45, 7) is 6.31. The molecule has 0 fully saturated rings. The molecule has 0 aromatic carbocycles. The van der Waals surface area contributed by atoms with Crippen molar-refractivity contribution >= 4 is 34.4 Å². The first-order valence-corrected chi connectivity index (χ1v) is 12.3. The van der Waals surface area contributed by atoms with Crippen LogP contribution >= 0.6 is 22.7 Å². The molecule has 164 valence electrons. The molecule has 3 heterocycles. The molecular formula is C24H27NO4S2. The Hall–Kier alpha value is -2.22. The Morgan fingerprint density at radius 3 is 2.48 bits per heavy atom. The zero-order valence-electron chi connectivity index (χ0n) is 18.0. The number of nitrogens with one attached hydrogen (secondary N) is 1. The van der Waals surface area contributed by atoms with Gasteiger partial charge in [0.1, 0.15) is 6.61 Å². The monoisotopic (exact) mass is 457 g/mol. The van der Waals surface area contributed by atoms with Crippen LogP contribution in [0.4, 0.5) is 0 Å². The van der Waals surface area contributed by atoms with E-state index in [1.165, 1.54) is 4.88 Å². The third-order valence-electron chi connectivity index (χ3n) is 5.59. The predicted octanol–water partition coefficient (Wildman–Crippen LogP) is 5.14. The van der Waals surface area contributed by atoms with Gasteiger partial charge in [-0.1, -0.05) is 12.1 Å². The van der Waals surface area contributed by atoms with E-state index in [1.807, 2.05) is 44.4 Å². The lowest BCUT2D eigenvalue weighted by Gasteiger charge is -2.35. The zero-order chi connectivity index (χ0) is 22.0. The van der Waals surface area contributed by atoms with Gasteiger partial charge >= 0.3 is 5.97 Å². The van der Waals surface area contributed by atoms with Crippen LogP contribution in [-0.2, 0) is 19.1 Å². The van der Waals surface area contributed by atoms with Crippen molar-refractivity contribution in [2.24, 2.45) is 0 Å². The lowest BCUT2D eigenvalue weighted by molar-refractivity contribution is -0.141. The molecule has 0 saturated carbocycles. The minimum Gasteiger partial charge on any atom is -0.460 e. The second-order valence-corrected chi connectivity index (χ2v) is 10.1. The van der Waals surface area contributed by atoms with Crippen molar-refractivity contribution in [2.75, 3.05) is 13.2 Å². The fourth-order valence-electron chi connectivity index (χ4n) is 4.27. The fourth-order valence-corrected chi connectivity index (χ4v) is 5.94. The molecule has 5 nitrogen and oxygen atoms in total. The van der Waals surface area contributed by atoms with Gasteiger partial charge in [-0.2, -0.15) is 0 Å². The minimum absolute atomic E-state index is 0.0822. The first-order chi connectivity index (χ1) is 15.0. The molecule has 2 aliphatic rings. The van der Waals surface area contributed by atoms with Gasteiger partial charge in [0.15, 0.2) is 5.78 Å². The lowest BCUT2D eigenvalue weighted by atomic mass is 9.74. The van der Waals surface area contributed by atoms with Crippen molar-refractivity contribution in [2.45, 2.75) is 51.6 Å². The maximum absolute atomic E-state index is 13.4. The molecule has 0 saturated heterocycles. The van der Waals surface area contributed by atoms with Crippen molar-refractivity contribution in [1.82, 2.24) is 5.32 Å². The van der Waals surface area contributed by atoms with Crippen LogP contribution in [0.15, 0.2) is 57.6 Å². The van der Waals surface area contributed by atoms with E-state index in [1.54, 1.807) is 22.7 Å². The van der Waals surface area contributed by atoms with Gasteiger partial charge in [0.25, 0.3) is 0 Å². The number of hydrogen-bond acceptors (Lipinski definition) is 7. The van der Waals surface area contributed by atoms with E-state index in [9.17, 15) is 9.59 Å². The summed E-state index contributed by atoms with van der Waals surface area (Å²) in [5.41, 5.74) is 2.93. The summed E-state index contributed by atoms with van der Waals surface area (Å²) in [6.07, 6.45) is 1.32. The Morgan fingerprint density at radius 2 is 1.84 bits per heavy atom. The number of dihydropyridines is 1. The van der Waals surface area contributed by atoms with Gasteiger partial charge in [0.2, 0.25) is 0 Å². The molecule has 0 bridgehead atoms. The number of ketones is 1. The van der Waals surface area contributed by atoms with Gasteiger partial charge in [-0.05, 0) is 50.1 Å². The summed E-state index contributed by atoms with van der Waals surface area (Å²) >= 11 is 3.25. The highest BCUT2D eigenvalue weighted by molar-refractivity contribution is 7.10. The number of rotatable bonds is 7. The first kappa shape index (κ1) is 22.0. The molecule has 2 atom stereocenters. The topological polar surface area (TPSA) is 64.6 Å². The van der Waals surface area contributed by atoms with Crippen molar-refractivity contribution in [1.29, 1.82) is 0 Å². The number of ether oxygens (including phenoxy) is 2. The average molecular weight is 458 g/mol. The lowest BCUT2D eigenvalue weighted by Crippen LogP contribution is -2.36. The molecule has 0 amide bonds. The van der Waals surface area contributed by atoms with E-state index in [-0.39, 0.29) is 30.3 Å². The van der Waals surface area contributed by atoms with E-state index in [0.29, 0.717) is 24.2 Å². The molecule has 1 aliphatic carbocycles. The normalized spacial score (nSPS) is 21.4. The second-order valence-electron chi connectivity index (χ2n) is 8.10. The number of hydrogen-bond donors (Lipinski definition) is 1. The van der Waals surface area contributed by atoms with Crippen molar-refractivity contribution < 1.29 is 19.1 Å². The summed E-state index contributed by atoms with van der Waals surface area (Å²) in [7, 11) is 0. The number of esters is 1. The highest BCUT2D eigenvalue weighted by Gasteiger charge is 2.41. The van der Waals surface area contributed by atoms with Gasteiger partial charge < -0.3 is 14.8 Å². The molecule has 31 heavy (non-hydrogen) atoms. The Kier molecular flexibility index (Phi) is 6.74. The second kappa shape index (κ2) is 9.51. The Labute approximate surface area is 190 Å². The molecule has 7 heteroatoms. The SMILES string of the molecule is CC1=C(C(=O)OCCOC(C)C)[C@H](c2cccs2)C2=C(C[C@H](c3cccs3)CC2=O)N1. The maximum atomic E-state index is 13.4. The van der Waals surface area contributed by atoms with Crippen LogP contribution in [0.5, 0.6) is 0 Å². The van der Waals surface area contributed by atoms with E-state index in [4.69, 9.17) is 9.47 Å². The van der Waals surface area contributed by atoms with E-state index >= 15 is 0 Å². The number of Topliss-reactive ketones (excluding diaryl/α,β-unsaturated/α-hetero) is 1. The van der Waals surface area contributed by atoms with Crippen molar-refractivity contribution in [3.63, 3.8) is 0 Å². The quantitative estimate of drug-likeness (QED) is 0.461. The van der Waals surface area contributed by atoms with E-state index in [0.717, 1.165) is 22.7 Å². The van der Waals surface area contributed by atoms with Gasteiger partial charge in [0.05, 0.1) is 24.2 Å². The van der Waals surface area contributed by atoms with Crippen LogP contribution in [-0.4, -0.2) is 31.1 Å². The van der Waals surface area contributed by atoms with Crippen molar-refractivity contribution in [3.8, 4) is 0 Å². The number of carbonyl (C=O) groups is 2. The summed E-state index contributed by atoms with van der Waals surface area (Å²) in [6, 6.07) is 8.07. The minimum atomic E-state index is -0.393. The Bertz CT molecular complexity index is 1000. The Balaban J connectivity index is 1.63. The molecule has 0 unspecified atom stereocenters. The number of allylic oxidation sites excluding steroid dienone is 3. The zero-order valence-corrected chi connectivity index (χ0v) is 19.6. The molecule has 0 spiro atoms. The van der Waals surface area contributed by atoms with Gasteiger partial charge in [-0.3, -0.25) is 4.79 Å². The van der Waals surface area contributed by atoms with Gasteiger partial charge in [-0.15, -0.1) is 22.7 Å². The van der Waals surface area contributed by atoms with Gasteiger partial charge in [-0.25, -0.2) is 4.79 Å². The fraction of sp³-hybridized carbons (Fsp3) is 0.417. The summed E-state index contributed by atoms with van der Waals surface area (Å²) in [5.74, 6) is -0.495. The highest BCUT2D eigenvalue weighted by atomic mass is 32.1. The summed E-state index contributed by atoms with van der Waals surface area (Å²) in [4.78, 5) is 28.7. The van der Waals surface area contributed by atoms with E-state index < -0.39 is 5.97 Å². The standard InChI is InChI=1S/C24H27NO4S2/c1-14(2)28-8-9-29-24(27)21-15(3)25-17-12-16(19-6-4-10-30-19)13-18(26)22(17)23(21)20-7-5-11-31-20/h4-7,10-11,14,16,23,25H,8-9,12-13H2,1-3H3/t16-,23-/m0/s1. The highest BCUT2D eigenvalue weighted by Crippen LogP contribution is 2.47. The van der Waals surface area contributed by atoms with Crippen LogP contribution in [0.3, 0.4) is 0 Å².